The van der Waals surface area contributed by atoms with Crippen molar-refractivity contribution in [3.05, 3.63) is 36.0 Å². The summed E-state index contributed by atoms with van der Waals surface area (Å²) in [6.07, 6.45) is 1.18. The minimum absolute atomic E-state index is 0.0297. The van der Waals surface area contributed by atoms with Crippen LogP contribution in [0.4, 0.5) is 5.69 Å². The topological polar surface area (TPSA) is 122 Å². The fourth-order valence-corrected chi connectivity index (χ4v) is 1.76. The van der Waals surface area contributed by atoms with Crippen LogP contribution in [0.5, 0.6) is 0 Å². The fourth-order valence-electron chi connectivity index (χ4n) is 1.24. The second-order valence-corrected chi connectivity index (χ2v) is 5.17. The van der Waals surface area contributed by atoms with Gasteiger partial charge in [-0.2, -0.15) is 5.26 Å². The molecule has 0 unspecified atom stereocenters. The number of rotatable bonds is 5. The maximum atomic E-state index is 11.3. The van der Waals surface area contributed by atoms with Gasteiger partial charge in [0.25, 0.3) is 0 Å². The molecule has 0 fully saturated rings. The Balaban J connectivity index is 2.84. The number of primary sulfonamides is 1. The molecule has 8 heteroatoms. The number of benzene rings is 1. The number of hydrogen-bond donors (Lipinski definition) is 2. The molecular weight excluding hydrogens is 282 g/mol. The second-order valence-electron chi connectivity index (χ2n) is 3.60. The highest BCUT2D eigenvalue weighted by Gasteiger charge is 2.09. The molecule has 0 amide bonds. The van der Waals surface area contributed by atoms with Gasteiger partial charge in [0.1, 0.15) is 6.07 Å². The van der Waals surface area contributed by atoms with E-state index in [1.807, 2.05) is 0 Å². The molecule has 7 nitrogen and oxygen atoms in total. The van der Waals surface area contributed by atoms with Crippen LogP contribution >= 0.6 is 0 Å². The van der Waals surface area contributed by atoms with Gasteiger partial charge in [0.05, 0.1) is 11.5 Å². The fraction of sp³-hybridized carbons (Fsp3) is 0.167. The summed E-state index contributed by atoms with van der Waals surface area (Å²) in [7, 11) is -3.75. The van der Waals surface area contributed by atoms with Crippen molar-refractivity contribution >= 4 is 21.7 Å². The van der Waals surface area contributed by atoms with E-state index in [0.717, 1.165) is 0 Å². The molecular formula is C12H13N3O4S. The van der Waals surface area contributed by atoms with Gasteiger partial charge in [0, 0.05) is 11.9 Å². The number of carbonyl (C=O) groups is 1. The van der Waals surface area contributed by atoms with Gasteiger partial charge < -0.3 is 10.1 Å². The molecule has 1 rings (SSSR count). The van der Waals surface area contributed by atoms with E-state index in [-0.39, 0.29) is 17.1 Å². The monoisotopic (exact) mass is 295 g/mol. The van der Waals surface area contributed by atoms with Crippen LogP contribution in [-0.2, 0) is 19.6 Å². The van der Waals surface area contributed by atoms with Gasteiger partial charge in [-0.25, -0.2) is 18.4 Å². The lowest BCUT2D eigenvalue weighted by Crippen LogP contribution is -2.11. The molecule has 0 radical (unpaired) electrons. The molecule has 0 aromatic heterocycles. The molecule has 0 heterocycles. The Morgan fingerprint density at radius 3 is 2.50 bits per heavy atom. The van der Waals surface area contributed by atoms with Gasteiger partial charge in [-0.15, -0.1) is 0 Å². The minimum atomic E-state index is -3.75. The van der Waals surface area contributed by atoms with Gasteiger partial charge >= 0.3 is 5.97 Å². The van der Waals surface area contributed by atoms with E-state index in [2.05, 4.69) is 10.1 Å². The largest absolute Gasteiger partial charge is 0.462 e. The Bertz CT molecular complexity index is 657. The number of esters is 1. The van der Waals surface area contributed by atoms with Crippen molar-refractivity contribution in [2.45, 2.75) is 11.8 Å². The van der Waals surface area contributed by atoms with E-state index in [1.54, 1.807) is 13.0 Å². The number of carbonyl (C=O) groups excluding carboxylic acids is 1. The number of ether oxygens (including phenoxy) is 1. The summed E-state index contributed by atoms with van der Waals surface area (Å²) in [5.74, 6) is -0.733. The number of nitrogens with zero attached hydrogens (tertiary/aromatic N) is 1. The molecule has 1 aromatic carbocycles. The molecule has 106 valence electrons. The molecule has 0 atom stereocenters. The molecule has 20 heavy (non-hydrogen) atoms. The average molecular weight is 295 g/mol. The quantitative estimate of drug-likeness (QED) is 0.468. The Hall–Kier alpha value is -2.37. The van der Waals surface area contributed by atoms with E-state index in [0.29, 0.717) is 5.69 Å². The van der Waals surface area contributed by atoms with Crippen molar-refractivity contribution < 1.29 is 17.9 Å². The predicted octanol–water partition coefficient (Wildman–Crippen LogP) is 0.716. The predicted molar refractivity (Wildman–Crippen MR) is 71.8 cm³/mol. The maximum Gasteiger partial charge on any atom is 0.350 e. The lowest BCUT2D eigenvalue weighted by atomic mass is 10.3. The Kier molecular flexibility index (Phi) is 5.25. The van der Waals surface area contributed by atoms with Crippen LogP contribution in [0.2, 0.25) is 0 Å². The van der Waals surface area contributed by atoms with E-state index in [9.17, 15) is 13.2 Å². The number of sulfonamides is 1. The number of nitriles is 1. The highest BCUT2D eigenvalue weighted by atomic mass is 32.2. The van der Waals surface area contributed by atoms with E-state index >= 15 is 0 Å². The summed E-state index contributed by atoms with van der Waals surface area (Å²) in [5.41, 5.74) is 0.303. The minimum Gasteiger partial charge on any atom is -0.462 e. The van der Waals surface area contributed by atoms with Crippen LogP contribution in [0.25, 0.3) is 0 Å². The normalized spacial score (nSPS) is 11.6. The molecule has 3 N–H and O–H groups in total. The van der Waals surface area contributed by atoms with Crippen LogP contribution in [0.3, 0.4) is 0 Å². The van der Waals surface area contributed by atoms with Gasteiger partial charge in [0.15, 0.2) is 5.57 Å². The third-order valence-corrected chi connectivity index (χ3v) is 3.11. The van der Waals surface area contributed by atoms with Crippen LogP contribution in [-0.4, -0.2) is 21.0 Å². The molecule has 0 aliphatic heterocycles. The lowest BCUT2D eigenvalue weighted by Gasteiger charge is -2.04. The van der Waals surface area contributed by atoms with Crippen LogP contribution < -0.4 is 10.5 Å². The molecule has 0 bridgehead atoms. The van der Waals surface area contributed by atoms with Crippen LogP contribution in [0.15, 0.2) is 40.9 Å². The van der Waals surface area contributed by atoms with E-state index < -0.39 is 16.0 Å². The SMILES string of the molecule is CCOC(=O)/C(C#N)=C/Nc1ccc(S(N)(=O)=O)cc1. The molecule has 0 saturated carbocycles. The Labute approximate surface area is 116 Å². The smallest absolute Gasteiger partial charge is 0.350 e. The molecule has 0 aliphatic carbocycles. The number of anilines is 1. The Morgan fingerprint density at radius 1 is 1.45 bits per heavy atom. The standard InChI is InChI=1S/C12H13N3O4S/c1-2-19-12(16)9(7-13)8-15-10-3-5-11(6-4-10)20(14,17)18/h3-6,8,15H,2H2,1H3,(H2,14,17,18)/b9-8+. The molecule has 1 aromatic rings. The first-order valence-corrected chi connectivity index (χ1v) is 7.10. The van der Waals surface area contributed by atoms with Crippen molar-refractivity contribution in [3.63, 3.8) is 0 Å². The zero-order chi connectivity index (χ0) is 15.2. The summed E-state index contributed by atoms with van der Waals surface area (Å²) in [6, 6.07) is 7.23. The van der Waals surface area contributed by atoms with E-state index in [1.165, 1.54) is 30.5 Å². The summed E-state index contributed by atoms with van der Waals surface area (Å²) < 4.78 is 26.8. The highest BCUT2D eigenvalue weighted by Crippen LogP contribution is 2.13. The van der Waals surface area contributed by atoms with Gasteiger partial charge in [-0.05, 0) is 31.2 Å². The summed E-state index contributed by atoms with van der Waals surface area (Å²) in [4.78, 5) is 11.3. The third-order valence-electron chi connectivity index (χ3n) is 2.18. The highest BCUT2D eigenvalue weighted by molar-refractivity contribution is 7.89. The maximum absolute atomic E-state index is 11.3. The second kappa shape index (κ2) is 6.70. The zero-order valence-corrected chi connectivity index (χ0v) is 11.5. The third kappa shape index (κ3) is 4.38. The summed E-state index contributed by atoms with van der Waals surface area (Å²) in [5, 5.41) is 16.4. The van der Waals surface area contributed by atoms with Crippen molar-refractivity contribution in [3.8, 4) is 6.07 Å². The number of nitrogens with one attached hydrogen (secondary N) is 1. The summed E-state index contributed by atoms with van der Waals surface area (Å²) >= 11 is 0. The first kappa shape index (κ1) is 15.7. The van der Waals surface area contributed by atoms with Gasteiger partial charge in [-0.3, -0.25) is 0 Å². The van der Waals surface area contributed by atoms with Gasteiger partial charge in [0.2, 0.25) is 10.0 Å². The number of nitrogens with two attached hydrogens (primary N) is 1. The summed E-state index contributed by atoms with van der Waals surface area (Å²) in [6.45, 7) is 1.80. The lowest BCUT2D eigenvalue weighted by molar-refractivity contribution is -0.138. The Morgan fingerprint density at radius 2 is 2.05 bits per heavy atom. The first-order chi connectivity index (χ1) is 9.38. The average Bonchev–Trinajstić information content (AvgIpc) is 2.39. The van der Waals surface area contributed by atoms with Crippen LogP contribution in [0, 0.1) is 11.3 Å². The molecule has 0 saturated heterocycles. The van der Waals surface area contributed by atoms with Crippen molar-refractivity contribution in [1.82, 2.24) is 0 Å². The van der Waals surface area contributed by atoms with Crippen molar-refractivity contribution in [2.75, 3.05) is 11.9 Å². The van der Waals surface area contributed by atoms with Crippen LogP contribution in [0.1, 0.15) is 6.92 Å². The number of hydrogen-bond acceptors (Lipinski definition) is 6. The van der Waals surface area contributed by atoms with Gasteiger partial charge in [-0.1, -0.05) is 0 Å². The van der Waals surface area contributed by atoms with Crippen molar-refractivity contribution in [1.29, 1.82) is 5.26 Å². The molecule has 0 spiro atoms. The van der Waals surface area contributed by atoms with E-state index in [4.69, 9.17) is 10.4 Å². The zero-order valence-electron chi connectivity index (χ0n) is 10.7. The molecule has 0 aliphatic rings. The van der Waals surface area contributed by atoms with Crippen molar-refractivity contribution in [2.24, 2.45) is 5.14 Å². The first-order valence-electron chi connectivity index (χ1n) is 5.55.